The molecule has 10 nitrogen and oxygen atoms in total. The predicted molar refractivity (Wildman–Crippen MR) is 150 cm³/mol. The van der Waals surface area contributed by atoms with Crippen LogP contribution in [-0.2, 0) is 9.59 Å². The second kappa shape index (κ2) is 12.3. The van der Waals surface area contributed by atoms with Crippen LogP contribution in [-0.4, -0.2) is 59.4 Å². The number of nitrogens with zero attached hydrogens (tertiary/aromatic N) is 2. The average molecular weight is 539 g/mol. The van der Waals surface area contributed by atoms with E-state index >= 15 is 0 Å². The zero-order chi connectivity index (χ0) is 27.4. The molecular formula is C29H38N4O6. The minimum Gasteiger partial charge on any atom is -0.478 e. The first-order chi connectivity index (χ1) is 18.0. The number of fused-ring (bicyclic) bond motifs is 1. The molecule has 0 aromatic heterocycles. The van der Waals surface area contributed by atoms with E-state index in [1.165, 1.54) is 29.5 Å². The summed E-state index contributed by atoms with van der Waals surface area (Å²) >= 11 is 0. The van der Waals surface area contributed by atoms with Gasteiger partial charge in [0.25, 0.3) is 5.91 Å². The average Bonchev–Trinajstić information content (AvgIpc) is 2.99. The SMILES string of the molecule is CC(C)(C)C(=O)CN1C(=O)[C@H](NC(=O)Nc2cccc(C(=O)O)c2)CN(C2CCCCC2)c2ccccc21.O. The molecule has 0 saturated heterocycles. The van der Waals surface area contributed by atoms with E-state index in [0.717, 1.165) is 31.4 Å². The molecule has 0 bridgehead atoms. The Morgan fingerprint density at radius 3 is 2.28 bits per heavy atom. The van der Waals surface area contributed by atoms with Gasteiger partial charge in [-0.25, -0.2) is 9.59 Å². The van der Waals surface area contributed by atoms with Gasteiger partial charge in [-0.1, -0.05) is 58.2 Å². The molecule has 1 atom stereocenters. The number of carboxylic acids is 1. The van der Waals surface area contributed by atoms with E-state index in [1.807, 2.05) is 45.0 Å². The normalized spacial score (nSPS) is 17.9. The Morgan fingerprint density at radius 1 is 0.974 bits per heavy atom. The number of hydrogen-bond acceptors (Lipinski definition) is 5. The Morgan fingerprint density at radius 2 is 1.64 bits per heavy atom. The molecule has 2 aromatic rings. The van der Waals surface area contributed by atoms with Gasteiger partial charge in [-0.05, 0) is 43.2 Å². The number of benzene rings is 2. The van der Waals surface area contributed by atoms with Crippen LogP contribution in [0.1, 0.15) is 63.2 Å². The smallest absolute Gasteiger partial charge is 0.335 e. The van der Waals surface area contributed by atoms with Crippen molar-refractivity contribution < 1.29 is 29.8 Å². The molecule has 2 aromatic carbocycles. The number of nitrogens with one attached hydrogen (secondary N) is 2. The van der Waals surface area contributed by atoms with Crippen LogP contribution in [0.2, 0.25) is 0 Å². The number of Topliss-reactive ketones (excluding diaryl/α,β-unsaturated/α-hetero) is 1. The summed E-state index contributed by atoms with van der Waals surface area (Å²) in [4.78, 5) is 55.1. The highest BCUT2D eigenvalue weighted by atomic mass is 16.4. The third-order valence-corrected chi connectivity index (χ3v) is 7.25. The van der Waals surface area contributed by atoms with E-state index in [9.17, 15) is 24.3 Å². The minimum absolute atomic E-state index is 0. The summed E-state index contributed by atoms with van der Waals surface area (Å²) in [6.45, 7) is 5.65. The lowest BCUT2D eigenvalue weighted by molar-refractivity contribution is -0.127. The van der Waals surface area contributed by atoms with Crippen molar-refractivity contribution >= 4 is 40.8 Å². The molecule has 2 aliphatic rings. The highest BCUT2D eigenvalue weighted by Crippen LogP contribution is 2.37. The maximum absolute atomic E-state index is 14.0. The number of ketones is 1. The number of rotatable bonds is 6. The summed E-state index contributed by atoms with van der Waals surface area (Å²) < 4.78 is 0. The van der Waals surface area contributed by atoms with Gasteiger partial charge in [0.1, 0.15) is 6.04 Å². The van der Waals surface area contributed by atoms with Crippen molar-refractivity contribution in [2.75, 3.05) is 28.2 Å². The summed E-state index contributed by atoms with van der Waals surface area (Å²) in [7, 11) is 0. The molecule has 0 spiro atoms. The number of carbonyl (C=O) groups is 4. The van der Waals surface area contributed by atoms with E-state index in [2.05, 4.69) is 15.5 Å². The highest BCUT2D eigenvalue weighted by Gasteiger charge is 2.39. The van der Waals surface area contributed by atoms with Crippen LogP contribution in [0.15, 0.2) is 48.5 Å². The Balaban J connectivity index is 0.00000420. The topological polar surface area (TPSA) is 151 Å². The quantitative estimate of drug-likeness (QED) is 0.508. The Kier molecular flexibility index (Phi) is 9.34. The standard InChI is InChI=1S/C29H36N4O5.H2O/c1-29(2,3)25(34)18-33-24-15-8-7-14-23(24)32(21-12-5-4-6-13-21)17-22(26(33)35)31-28(38)30-20-11-9-10-19(16-20)27(36)37;/h7-11,14-16,21-22H,4-6,12-13,17-18H2,1-3H3,(H,36,37)(H2,30,31,38);1H2/t22-;/m1./s1. The second-order valence-electron chi connectivity index (χ2n) is 11.1. The number of amides is 3. The van der Waals surface area contributed by atoms with Gasteiger partial charge >= 0.3 is 12.0 Å². The van der Waals surface area contributed by atoms with Gasteiger partial charge in [0, 0.05) is 23.7 Å². The third-order valence-electron chi connectivity index (χ3n) is 7.25. The lowest BCUT2D eigenvalue weighted by Gasteiger charge is -2.37. The number of para-hydroxylation sites is 2. The molecule has 1 aliphatic carbocycles. The number of urea groups is 1. The minimum atomic E-state index is -1.10. The fourth-order valence-corrected chi connectivity index (χ4v) is 5.06. The molecule has 1 aliphatic heterocycles. The molecule has 3 amide bonds. The molecule has 1 fully saturated rings. The van der Waals surface area contributed by atoms with Crippen molar-refractivity contribution in [3.63, 3.8) is 0 Å². The third kappa shape index (κ3) is 6.94. The van der Waals surface area contributed by atoms with Crippen LogP contribution in [0.25, 0.3) is 0 Å². The summed E-state index contributed by atoms with van der Waals surface area (Å²) in [5, 5.41) is 14.7. The van der Waals surface area contributed by atoms with Crippen molar-refractivity contribution in [3.05, 3.63) is 54.1 Å². The number of hydrogen-bond donors (Lipinski definition) is 3. The molecule has 0 unspecified atom stereocenters. The van der Waals surface area contributed by atoms with Gasteiger partial charge in [0.05, 0.1) is 23.5 Å². The molecule has 1 saturated carbocycles. The molecule has 1 heterocycles. The second-order valence-corrected chi connectivity index (χ2v) is 11.1. The first-order valence-electron chi connectivity index (χ1n) is 13.2. The van der Waals surface area contributed by atoms with E-state index in [0.29, 0.717) is 11.4 Å². The molecule has 5 N–H and O–H groups in total. The predicted octanol–water partition coefficient (Wildman–Crippen LogP) is 3.85. The van der Waals surface area contributed by atoms with Gasteiger partial charge in [-0.15, -0.1) is 0 Å². The van der Waals surface area contributed by atoms with E-state index < -0.39 is 23.5 Å². The van der Waals surface area contributed by atoms with Crippen molar-refractivity contribution in [1.29, 1.82) is 0 Å². The molecule has 39 heavy (non-hydrogen) atoms. The van der Waals surface area contributed by atoms with Crippen LogP contribution in [0.4, 0.5) is 21.9 Å². The van der Waals surface area contributed by atoms with Gasteiger partial charge in [-0.2, -0.15) is 0 Å². The Hall–Kier alpha value is -3.92. The summed E-state index contributed by atoms with van der Waals surface area (Å²) in [6, 6.07) is 12.2. The molecular weight excluding hydrogens is 500 g/mol. The summed E-state index contributed by atoms with van der Waals surface area (Å²) in [6.07, 6.45) is 5.36. The zero-order valence-electron chi connectivity index (χ0n) is 22.7. The Labute approximate surface area is 228 Å². The lowest BCUT2D eigenvalue weighted by Crippen LogP contribution is -2.55. The van der Waals surface area contributed by atoms with Gasteiger partial charge in [-0.3, -0.25) is 9.59 Å². The first-order valence-corrected chi connectivity index (χ1v) is 13.2. The lowest BCUT2D eigenvalue weighted by atomic mass is 9.90. The summed E-state index contributed by atoms with van der Waals surface area (Å²) in [5.41, 5.74) is 1.25. The summed E-state index contributed by atoms with van der Waals surface area (Å²) in [5.74, 6) is -1.55. The van der Waals surface area contributed by atoms with Crippen LogP contribution in [0.3, 0.4) is 0 Å². The molecule has 10 heteroatoms. The van der Waals surface area contributed by atoms with Gasteiger partial charge in [0.15, 0.2) is 5.78 Å². The molecule has 0 radical (unpaired) electrons. The number of carboxylic acid groups (broad SMARTS) is 1. The number of carbonyl (C=O) groups excluding carboxylic acids is 3. The fourth-order valence-electron chi connectivity index (χ4n) is 5.06. The maximum Gasteiger partial charge on any atom is 0.335 e. The van der Waals surface area contributed by atoms with Gasteiger partial charge in [0.2, 0.25) is 0 Å². The largest absolute Gasteiger partial charge is 0.478 e. The fraction of sp³-hybridized carbons (Fsp3) is 0.448. The van der Waals surface area contributed by atoms with Crippen LogP contribution in [0.5, 0.6) is 0 Å². The molecule has 4 rings (SSSR count). The van der Waals surface area contributed by atoms with Crippen molar-refractivity contribution in [3.8, 4) is 0 Å². The zero-order valence-corrected chi connectivity index (χ0v) is 22.7. The van der Waals surface area contributed by atoms with Crippen LogP contribution in [0, 0.1) is 5.41 Å². The van der Waals surface area contributed by atoms with E-state index in [1.54, 1.807) is 6.07 Å². The van der Waals surface area contributed by atoms with Crippen LogP contribution < -0.4 is 20.4 Å². The van der Waals surface area contributed by atoms with Crippen molar-refractivity contribution in [2.45, 2.75) is 65.0 Å². The van der Waals surface area contributed by atoms with Crippen molar-refractivity contribution in [1.82, 2.24) is 5.32 Å². The Bertz CT molecular complexity index is 1220. The maximum atomic E-state index is 14.0. The highest BCUT2D eigenvalue weighted by molar-refractivity contribution is 6.08. The van der Waals surface area contributed by atoms with Gasteiger partial charge < -0.3 is 31.0 Å². The van der Waals surface area contributed by atoms with Crippen molar-refractivity contribution in [2.24, 2.45) is 5.41 Å². The van der Waals surface area contributed by atoms with E-state index in [-0.39, 0.29) is 41.9 Å². The van der Waals surface area contributed by atoms with Crippen LogP contribution >= 0.6 is 0 Å². The number of aromatic carboxylic acids is 1. The van der Waals surface area contributed by atoms with E-state index in [4.69, 9.17) is 0 Å². The monoisotopic (exact) mass is 538 g/mol. The number of anilines is 3. The first kappa shape index (κ1) is 29.6. The molecule has 210 valence electrons.